The summed E-state index contributed by atoms with van der Waals surface area (Å²) in [5.74, 6) is 0.755. The summed E-state index contributed by atoms with van der Waals surface area (Å²) in [6.45, 7) is 17.1. The Morgan fingerprint density at radius 3 is 1.79 bits per heavy atom. The van der Waals surface area contributed by atoms with E-state index < -0.39 is 0 Å². The molecule has 0 N–H and O–H groups in total. The number of oxime groups is 1. The van der Waals surface area contributed by atoms with Crippen LogP contribution in [-0.2, 0) is 4.84 Å². The van der Waals surface area contributed by atoms with E-state index in [1.807, 2.05) is 0 Å². The van der Waals surface area contributed by atoms with Crippen molar-refractivity contribution in [2.24, 2.45) is 31.4 Å². The second-order valence-corrected chi connectivity index (χ2v) is 6.78. The van der Waals surface area contributed by atoms with Crippen LogP contribution in [0.5, 0.6) is 0 Å². The molecule has 5 heteroatoms. The summed E-state index contributed by atoms with van der Waals surface area (Å²) >= 11 is 0. The first-order valence-electron chi connectivity index (χ1n) is 6.46. The molecular formula is C14H24N4O. The fourth-order valence-electron chi connectivity index (χ4n) is 1.38. The number of hydrogen-bond acceptors (Lipinski definition) is 5. The molecule has 0 atom stereocenters. The van der Waals surface area contributed by atoms with Crippen LogP contribution < -0.4 is 0 Å². The fourth-order valence-corrected chi connectivity index (χ4v) is 1.38. The third-order valence-corrected chi connectivity index (χ3v) is 2.83. The largest absolute Gasteiger partial charge is 0.362 e. The van der Waals surface area contributed by atoms with Gasteiger partial charge in [-0.15, -0.1) is 5.10 Å². The van der Waals surface area contributed by atoms with Gasteiger partial charge >= 0.3 is 0 Å². The zero-order valence-corrected chi connectivity index (χ0v) is 12.8. The maximum Gasteiger partial charge on any atom is 0.133 e. The summed E-state index contributed by atoms with van der Waals surface area (Å²) < 4.78 is 0. The van der Waals surface area contributed by atoms with Crippen LogP contribution in [0.25, 0.3) is 0 Å². The second kappa shape index (κ2) is 5.63. The summed E-state index contributed by atoms with van der Waals surface area (Å²) in [6, 6.07) is 0. The molecule has 0 spiro atoms. The first-order valence-corrected chi connectivity index (χ1v) is 6.46. The Hall–Kier alpha value is -1.52. The Balaban J connectivity index is 0.000000191. The van der Waals surface area contributed by atoms with Gasteiger partial charge in [0.2, 0.25) is 0 Å². The molecule has 0 bridgehead atoms. The number of allylic oxidation sites excluding steroid dienone is 1. The maximum atomic E-state index is 4.89. The highest BCUT2D eigenvalue weighted by molar-refractivity contribution is 5.92. The van der Waals surface area contributed by atoms with Crippen molar-refractivity contribution >= 4 is 11.4 Å². The lowest BCUT2D eigenvalue weighted by Crippen LogP contribution is -2.20. The zero-order valence-electron chi connectivity index (χ0n) is 12.8. The van der Waals surface area contributed by atoms with Gasteiger partial charge in [-0.05, 0) is 5.22 Å². The highest BCUT2D eigenvalue weighted by Crippen LogP contribution is 2.25. The molecule has 0 saturated carbocycles. The summed E-state index contributed by atoms with van der Waals surface area (Å²) in [4.78, 5) is 4.89. The monoisotopic (exact) mass is 264 g/mol. The van der Waals surface area contributed by atoms with E-state index >= 15 is 0 Å². The van der Waals surface area contributed by atoms with Gasteiger partial charge in [-0.25, -0.2) is 0 Å². The third-order valence-electron chi connectivity index (χ3n) is 2.83. The second-order valence-electron chi connectivity index (χ2n) is 6.78. The Morgan fingerprint density at radius 2 is 1.58 bits per heavy atom. The van der Waals surface area contributed by atoms with Crippen molar-refractivity contribution in [3.8, 4) is 0 Å². The number of rotatable bonds is 0. The minimum Gasteiger partial charge on any atom is -0.362 e. The molecule has 2 heterocycles. The van der Waals surface area contributed by atoms with E-state index in [1.165, 1.54) is 0 Å². The van der Waals surface area contributed by atoms with Crippen molar-refractivity contribution < 1.29 is 4.84 Å². The van der Waals surface area contributed by atoms with E-state index in [9.17, 15) is 0 Å². The molecule has 0 radical (unpaired) electrons. The average Bonchev–Trinajstić information content (AvgIpc) is 2.84. The fraction of sp³-hybridized carbons (Fsp3) is 0.714. The standard InChI is InChI=1S/C8H13NO.C6H11N3/c1-6-5-7(9-10-6)8(2,3)4;1-6(2,3)5-4-7-9-8-5/h1,5H2,2-4H3;4H2,1-3H3. The maximum absolute atomic E-state index is 4.89. The molecule has 0 aromatic carbocycles. The van der Waals surface area contributed by atoms with Crippen molar-refractivity contribution in [3.63, 3.8) is 0 Å². The van der Waals surface area contributed by atoms with E-state index in [1.54, 1.807) is 0 Å². The van der Waals surface area contributed by atoms with E-state index in [4.69, 9.17) is 4.84 Å². The van der Waals surface area contributed by atoms with Gasteiger partial charge in [0, 0.05) is 10.8 Å². The van der Waals surface area contributed by atoms with Gasteiger partial charge in [-0.1, -0.05) is 53.3 Å². The van der Waals surface area contributed by atoms with Crippen molar-refractivity contribution in [2.45, 2.75) is 48.0 Å². The van der Waals surface area contributed by atoms with Gasteiger partial charge < -0.3 is 4.84 Å². The topological polar surface area (TPSA) is 58.7 Å². The molecule has 2 aliphatic rings. The molecule has 106 valence electrons. The van der Waals surface area contributed by atoms with Crippen LogP contribution in [0.4, 0.5) is 0 Å². The summed E-state index contributed by atoms with van der Waals surface area (Å²) in [6.07, 6.45) is 0.795. The third kappa shape index (κ3) is 4.93. The van der Waals surface area contributed by atoms with Gasteiger partial charge in [-0.3, -0.25) is 0 Å². The van der Waals surface area contributed by atoms with Gasteiger partial charge in [-0.2, -0.15) is 5.11 Å². The number of nitrogens with zero attached hydrogens (tertiary/aromatic N) is 4. The molecule has 2 rings (SSSR count). The van der Waals surface area contributed by atoms with Crippen LogP contribution in [0.3, 0.4) is 0 Å². The van der Waals surface area contributed by atoms with Crippen LogP contribution >= 0.6 is 0 Å². The van der Waals surface area contributed by atoms with E-state index in [2.05, 4.69) is 68.7 Å². The lowest BCUT2D eigenvalue weighted by Gasteiger charge is -2.15. The predicted molar refractivity (Wildman–Crippen MR) is 78.3 cm³/mol. The Labute approximate surface area is 115 Å². The van der Waals surface area contributed by atoms with E-state index in [0.29, 0.717) is 6.54 Å². The minimum absolute atomic E-state index is 0.124. The molecule has 0 aromatic rings. The van der Waals surface area contributed by atoms with Crippen molar-refractivity contribution in [1.82, 2.24) is 0 Å². The summed E-state index contributed by atoms with van der Waals surface area (Å²) in [7, 11) is 0. The smallest absolute Gasteiger partial charge is 0.133 e. The first-order chi connectivity index (χ1) is 8.60. The van der Waals surface area contributed by atoms with Crippen LogP contribution in [-0.4, -0.2) is 18.0 Å². The summed E-state index contributed by atoms with van der Waals surface area (Å²) in [5.41, 5.74) is 2.42. The molecule has 0 aromatic heterocycles. The minimum atomic E-state index is 0.124. The Kier molecular flexibility index (Phi) is 4.61. The predicted octanol–water partition coefficient (Wildman–Crippen LogP) is 4.18. The highest BCUT2D eigenvalue weighted by Gasteiger charge is 2.24. The van der Waals surface area contributed by atoms with Crippen LogP contribution in [0.2, 0.25) is 0 Å². The lowest BCUT2D eigenvalue weighted by molar-refractivity contribution is 0.245. The summed E-state index contributed by atoms with van der Waals surface area (Å²) in [5, 5.41) is 15.1. The molecule has 19 heavy (non-hydrogen) atoms. The normalized spacial score (nSPS) is 18.5. The van der Waals surface area contributed by atoms with Crippen molar-refractivity contribution in [1.29, 1.82) is 0 Å². The van der Waals surface area contributed by atoms with E-state index in [-0.39, 0.29) is 10.8 Å². The molecule has 0 unspecified atom stereocenters. The van der Waals surface area contributed by atoms with Gasteiger partial charge in [0.25, 0.3) is 0 Å². The van der Waals surface area contributed by atoms with Crippen LogP contribution in [0.1, 0.15) is 48.0 Å². The lowest BCUT2D eigenvalue weighted by atomic mass is 9.88. The van der Waals surface area contributed by atoms with Crippen LogP contribution in [0, 0.1) is 10.8 Å². The van der Waals surface area contributed by atoms with E-state index in [0.717, 1.165) is 23.6 Å². The van der Waals surface area contributed by atoms with Crippen molar-refractivity contribution in [2.75, 3.05) is 6.54 Å². The molecule has 0 saturated heterocycles. The molecule has 0 aliphatic carbocycles. The number of hydrogen-bond donors (Lipinski definition) is 0. The SMILES string of the molecule is C=C1CC(C(C)(C)C)=NO1.CC(C)(C)C1=NN=NC1. The van der Waals surface area contributed by atoms with Crippen LogP contribution in [0.15, 0.2) is 32.9 Å². The molecule has 0 fully saturated rings. The molecular weight excluding hydrogens is 240 g/mol. The quantitative estimate of drug-likeness (QED) is 0.647. The zero-order chi connectivity index (χ0) is 14.7. The van der Waals surface area contributed by atoms with Gasteiger partial charge in [0.15, 0.2) is 0 Å². The Bertz CT molecular complexity index is 433. The Morgan fingerprint density at radius 1 is 1.00 bits per heavy atom. The molecule has 2 aliphatic heterocycles. The van der Waals surface area contributed by atoms with Gasteiger partial charge in [0.05, 0.1) is 17.8 Å². The average molecular weight is 264 g/mol. The highest BCUT2D eigenvalue weighted by atomic mass is 16.6. The van der Waals surface area contributed by atoms with Gasteiger partial charge in [0.1, 0.15) is 12.3 Å². The molecule has 5 nitrogen and oxygen atoms in total. The molecule has 0 amide bonds. The first kappa shape index (κ1) is 15.5. The van der Waals surface area contributed by atoms with Crippen molar-refractivity contribution in [3.05, 3.63) is 12.3 Å².